The predicted molar refractivity (Wildman–Crippen MR) is 129 cm³/mol. The van der Waals surface area contributed by atoms with Crippen LogP contribution in [0.5, 0.6) is 0 Å². The number of hydrogen-bond donors (Lipinski definition) is 3. The van der Waals surface area contributed by atoms with Crippen LogP contribution in [0.4, 0.5) is 5.69 Å². The highest BCUT2D eigenvalue weighted by Gasteiger charge is 2.30. The van der Waals surface area contributed by atoms with Gasteiger partial charge in [-0.25, -0.2) is 9.97 Å². The largest absolute Gasteiger partial charge is 0.395 e. The topological polar surface area (TPSA) is 111 Å². The van der Waals surface area contributed by atoms with E-state index in [0.29, 0.717) is 30.0 Å². The molecule has 0 atom stereocenters. The second-order valence-corrected chi connectivity index (χ2v) is 8.76. The fourth-order valence-electron chi connectivity index (χ4n) is 3.32. The number of anilines is 1. The Morgan fingerprint density at radius 2 is 1.94 bits per heavy atom. The molecule has 33 heavy (non-hydrogen) atoms. The van der Waals surface area contributed by atoms with E-state index >= 15 is 0 Å². The summed E-state index contributed by atoms with van der Waals surface area (Å²) in [4.78, 5) is 21.2. The van der Waals surface area contributed by atoms with E-state index < -0.39 is 0 Å². The van der Waals surface area contributed by atoms with Gasteiger partial charge in [0.2, 0.25) is 5.91 Å². The number of carbonyl (C=O) groups is 1. The van der Waals surface area contributed by atoms with Crippen molar-refractivity contribution in [1.29, 1.82) is 5.26 Å². The zero-order valence-electron chi connectivity index (χ0n) is 18.1. The summed E-state index contributed by atoms with van der Waals surface area (Å²) in [5, 5.41) is 21.2. The van der Waals surface area contributed by atoms with Gasteiger partial charge < -0.3 is 10.4 Å². The van der Waals surface area contributed by atoms with Gasteiger partial charge in [-0.15, -0.1) is 0 Å². The van der Waals surface area contributed by atoms with Crippen molar-refractivity contribution in [3.63, 3.8) is 0 Å². The standard InChI is InChI=1S/C25H25N5O2S/c26-15-21-14-20(7-8-22(21)30-25(32)19-5-6-19)23-9-10-27-24(29-23)13-17-1-3-18(4-2-17)16-33-28-11-12-31/h1-4,7-10,14,19,28,31H,5-6,11-13,16H2,(H,30,32). The van der Waals surface area contributed by atoms with Crippen LogP contribution in [0.15, 0.2) is 54.7 Å². The van der Waals surface area contributed by atoms with Gasteiger partial charge in [0.05, 0.1) is 23.6 Å². The molecule has 0 radical (unpaired) electrons. The molecule has 1 heterocycles. The summed E-state index contributed by atoms with van der Waals surface area (Å²) in [7, 11) is 0. The molecule has 3 aromatic rings. The first-order chi connectivity index (χ1) is 16.2. The third kappa shape index (κ3) is 6.39. The fraction of sp³-hybridized carbons (Fsp3) is 0.280. The molecule has 7 nitrogen and oxygen atoms in total. The number of rotatable bonds is 10. The third-order valence-corrected chi connectivity index (χ3v) is 6.17. The van der Waals surface area contributed by atoms with Crippen LogP contribution >= 0.6 is 11.9 Å². The van der Waals surface area contributed by atoms with Crippen LogP contribution in [0.25, 0.3) is 11.3 Å². The summed E-state index contributed by atoms with van der Waals surface area (Å²) in [6.45, 7) is 0.702. The lowest BCUT2D eigenvalue weighted by molar-refractivity contribution is -0.117. The van der Waals surface area contributed by atoms with E-state index in [1.807, 2.05) is 12.1 Å². The number of amides is 1. The van der Waals surface area contributed by atoms with E-state index in [0.717, 1.165) is 35.4 Å². The van der Waals surface area contributed by atoms with Crippen LogP contribution in [-0.4, -0.2) is 34.1 Å². The molecule has 0 bridgehead atoms. The summed E-state index contributed by atoms with van der Waals surface area (Å²) in [5.41, 5.74) is 4.81. The highest BCUT2D eigenvalue weighted by atomic mass is 32.2. The number of benzene rings is 2. The highest BCUT2D eigenvalue weighted by molar-refractivity contribution is 7.96. The molecular weight excluding hydrogens is 434 g/mol. The molecule has 8 heteroatoms. The van der Waals surface area contributed by atoms with Gasteiger partial charge in [0.15, 0.2) is 0 Å². The Balaban J connectivity index is 1.43. The maximum absolute atomic E-state index is 12.1. The van der Waals surface area contributed by atoms with E-state index in [-0.39, 0.29) is 18.4 Å². The summed E-state index contributed by atoms with van der Waals surface area (Å²) >= 11 is 1.57. The SMILES string of the molecule is N#Cc1cc(-c2ccnc(Cc3ccc(CSNCCO)cc3)n2)ccc1NC(=O)C1CC1. The molecule has 1 amide bonds. The van der Waals surface area contributed by atoms with Crippen molar-refractivity contribution >= 4 is 23.5 Å². The Morgan fingerprint density at radius 3 is 2.67 bits per heavy atom. The van der Waals surface area contributed by atoms with Crippen molar-refractivity contribution in [3.05, 3.63) is 77.2 Å². The van der Waals surface area contributed by atoms with Crippen molar-refractivity contribution in [2.24, 2.45) is 5.92 Å². The van der Waals surface area contributed by atoms with Gasteiger partial charge in [0.1, 0.15) is 11.9 Å². The van der Waals surface area contributed by atoms with Crippen LogP contribution in [-0.2, 0) is 17.0 Å². The number of aliphatic hydroxyl groups is 1. The zero-order valence-corrected chi connectivity index (χ0v) is 18.9. The molecule has 4 rings (SSSR count). The van der Waals surface area contributed by atoms with Crippen LogP contribution in [0, 0.1) is 17.2 Å². The van der Waals surface area contributed by atoms with Crippen LogP contribution in [0.3, 0.4) is 0 Å². The minimum absolute atomic E-state index is 0.0189. The van der Waals surface area contributed by atoms with Crippen molar-refractivity contribution in [2.75, 3.05) is 18.5 Å². The molecule has 0 saturated heterocycles. The molecule has 1 aliphatic rings. The van der Waals surface area contributed by atoms with Crippen molar-refractivity contribution in [2.45, 2.75) is 25.0 Å². The van der Waals surface area contributed by atoms with Crippen LogP contribution in [0.2, 0.25) is 0 Å². The minimum Gasteiger partial charge on any atom is -0.395 e. The monoisotopic (exact) mass is 459 g/mol. The quantitative estimate of drug-likeness (QED) is 0.313. The summed E-state index contributed by atoms with van der Waals surface area (Å²) in [5.74, 6) is 1.58. The number of carbonyl (C=O) groups excluding carboxylic acids is 1. The zero-order chi connectivity index (χ0) is 23.0. The molecular formula is C25H25N5O2S. The first-order valence-electron chi connectivity index (χ1n) is 10.9. The number of nitriles is 1. The Labute approximate surface area is 197 Å². The normalized spacial score (nSPS) is 12.8. The van der Waals surface area contributed by atoms with Gasteiger partial charge in [-0.05, 0) is 42.2 Å². The smallest absolute Gasteiger partial charge is 0.227 e. The molecule has 3 N–H and O–H groups in total. The van der Waals surface area contributed by atoms with E-state index in [4.69, 9.17) is 5.11 Å². The van der Waals surface area contributed by atoms with Crippen molar-refractivity contribution < 1.29 is 9.90 Å². The molecule has 1 aliphatic carbocycles. The molecule has 0 aliphatic heterocycles. The molecule has 2 aromatic carbocycles. The van der Waals surface area contributed by atoms with Gasteiger partial charge in [0.25, 0.3) is 0 Å². The molecule has 1 fully saturated rings. The van der Waals surface area contributed by atoms with Crippen molar-refractivity contribution in [1.82, 2.24) is 14.7 Å². The average molecular weight is 460 g/mol. The lowest BCUT2D eigenvalue weighted by Crippen LogP contribution is -2.14. The number of aromatic nitrogens is 2. The van der Waals surface area contributed by atoms with Gasteiger partial charge in [0, 0.05) is 36.4 Å². The van der Waals surface area contributed by atoms with E-state index in [9.17, 15) is 10.1 Å². The average Bonchev–Trinajstić information content (AvgIpc) is 3.69. The van der Waals surface area contributed by atoms with Gasteiger partial charge in [-0.2, -0.15) is 5.26 Å². The second kappa shape index (κ2) is 11.1. The molecule has 0 unspecified atom stereocenters. The Kier molecular flexibility index (Phi) is 7.68. The number of nitrogens with one attached hydrogen (secondary N) is 2. The summed E-state index contributed by atoms with van der Waals surface area (Å²) in [6.07, 6.45) is 4.16. The first-order valence-corrected chi connectivity index (χ1v) is 11.9. The summed E-state index contributed by atoms with van der Waals surface area (Å²) in [6, 6.07) is 17.7. The number of aliphatic hydroxyl groups excluding tert-OH is 1. The molecule has 0 spiro atoms. The lowest BCUT2D eigenvalue weighted by atomic mass is 10.1. The highest BCUT2D eigenvalue weighted by Crippen LogP contribution is 2.31. The third-order valence-electron chi connectivity index (χ3n) is 5.29. The summed E-state index contributed by atoms with van der Waals surface area (Å²) < 4.78 is 3.09. The number of hydrogen-bond acceptors (Lipinski definition) is 7. The van der Waals surface area contributed by atoms with Crippen molar-refractivity contribution in [3.8, 4) is 17.3 Å². The maximum Gasteiger partial charge on any atom is 0.227 e. The predicted octanol–water partition coefficient (Wildman–Crippen LogP) is 3.68. The van der Waals surface area contributed by atoms with Gasteiger partial charge in [-0.1, -0.05) is 42.3 Å². The Bertz CT molecular complexity index is 1160. The van der Waals surface area contributed by atoms with Gasteiger partial charge >= 0.3 is 0 Å². The molecule has 1 aromatic heterocycles. The fourth-order valence-corrected chi connectivity index (χ4v) is 4.02. The van der Waals surface area contributed by atoms with Crippen LogP contribution in [0.1, 0.15) is 35.4 Å². The van der Waals surface area contributed by atoms with Crippen LogP contribution < -0.4 is 10.0 Å². The lowest BCUT2D eigenvalue weighted by Gasteiger charge is -2.09. The van der Waals surface area contributed by atoms with E-state index in [2.05, 4.69) is 50.3 Å². The molecule has 168 valence electrons. The van der Waals surface area contributed by atoms with E-state index in [1.54, 1.807) is 30.3 Å². The second-order valence-electron chi connectivity index (χ2n) is 7.89. The maximum atomic E-state index is 12.1. The Hall–Kier alpha value is -3.25. The van der Waals surface area contributed by atoms with Gasteiger partial charge in [-0.3, -0.25) is 9.52 Å². The minimum atomic E-state index is -0.0189. The number of nitrogens with zero attached hydrogens (tertiary/aromatic N) is 3. The van der Waals surface area contributed by atoms with E-state index in [1.165, 1.54) is 5.56 Å². The molecule has 1 saturated carbocycles. The Morgan fingerprint density at radius 1 is 1.15 bits per heavy atom. The first kappa shape index (κ1) is 22.9.